The zero-order valence-corrected chi connectivity index (χ0v) is 9.46. The first-order valence-corrected chi connectivity index (χ1v) is 6.47. The molecule has 2 heterocycles. The lowest BCUT2D eigenvalue weighted by Gasteiger charge is -2.23. The van der Waals surface area contributed by atoms with Gasteiger partial charge in [-0.3, -0.25) is 5.10 Å². The molecule has 3 N–H and O–H groups in total. The fraction of sp³-hybridized carbons (Fsp3) is 0.625. The van der Waals surface area contributed by atoms with Crippen molar-refractivity contribution in [3.8, 4) is 0 Å². The number of nitrogens with one attached hydrogen (secondary N) is 3. The van der Waals surface area contributed by atoms with E-state index in [1.807, 2.05) is 0 Å². The fourth-order valence-electron chi connectivity index (χ4n) is 1.42. The van der Waals surface area contributed by atoms with Crippen LogP contribution >= 0.6 is 0 Å². The lowest BCUT2D eigenvalue weighted by molar-refractivity contribution is 0.0324. The Hall–Kier alpha value is -0.960. The number of nitrogens with zero attached hydrogens (tertiary/aromatic N) is 1. The number of aromatic nitrogens is 2. The Bertz CT molecular complexity index is 411. The van der Waals surface area contributed by atoms with Crippen LogP contribution < -0.4 is 10.0 Å². The summed E-state index contributed by atoms with van der Waals surface area (Å²) in [4.78, 5) is 0.135. The number of aromatic amines is 1. The molecular weight excluding hydrogens is 232 g/mol. The predicted molar refractivity (Wildman–Crippen MR) is 56.4 cm³/mol. The lowest BCUT2D eigenvalue weighted by atomic mass is 10.3. The van der Waals surface area contributed by atoms with Crippen molar-refractivity contribution < 1.29 is 13.2 Å². The standard InChI is InChI=1S/C8H14N4O3S/c13-16(14,8-5-10-11-6-8)12-4-7-3-9-1-2-15-7/h5-7,9,12H,1-4H2,(H,10,11). The molecule has 1 aliphatic heterocycles. The van der Waals surface area contributed by atoms with Crippen molar-refractivity contribution in [1.82, 2.24) is 20.2 Å². The molecule has 1 aliphatic rings. The minimum absolute atomic E-state index is 0.115. The highest BCUT2D eigenvalue weighted by atomic mass is 32.2. The molecule has 16 heavy (non-hydrogen) atoms. The number of H-pyrrole nitrogens is 1. The van der Waals surface area contributed by atoms with Crippen molar-refractivity contribution in [2.75, 3.05) is 26.2 Å². The van der Waals surface area contributed by atoms with Crippen LogP contribution in [0.15, 0.2) is 17.3 Å². The summed E-state index contributed by atoms with van der Waals surface area (Å²) >= 11 is 0. The van der Waals surface area contributed by atoms with Gasteiger partial charge in [0, 0.05) is 25.8 Å². The Balaban J connectivity index is 1.89. The Kier molecular flexibility index (Phi) is 3.54. The van der Waals surface area contributed by atoms with E-state index in [9.17, 15) is 8.42 Å². The quantitative estimate of drug-likeness (QED) is 0.612. The fourth-order valence-corrected chi connectivity index (χ4v) is 2.39. The van der Waals surface area contributed by atoms with E-state index in [2.05, 4.69) is 20.2 Å². The summed E-state index contributed by atoms with van der Waals surface area (Å²) in [6.45, 7) is 2.34. The second-order valence-electron chi connectivity index (χ2n) is 3.48. The van der Waals surface area contributed by atoms with Crippen molar-refractivity contribution in [1.29, 1.82) is 0 Å². The van der Waals surface area contributed by atoms with E-state index >= 15 is 0 Å². The molecule has 7 nitrogen and oxygen atoms in total. The second-order valence-corrected chi connectivity index (χ2v) is 5.25. The van der Waals surface area contributed by atoms with Gasteiger partial charge in [0.2, 0.25) is 10.0 Å². The maximum absolute atomic E-state index is 11.7. The van der Waals surface area contributed by atoms with Gasteiger partial charge < -0.3 is 10.1 Å². The molecule has 0 saturated carbocycles. The summed E-state index contributed by atoms with van der Waals surface area (Å²) in [5, 5.41) is 9.18. The topological polar surface area (TPSA) is 96.1 Å². The van der Waals surface area contributed by atoms with E-state index < -0.39 is 10.0 Å². The average Bonchev–Trinajstić information content (AvgIpc) is 2.82. The summed E-state index contributed by atoms with van der Waals surface area (Å²) < 4.78 is 31.2. The van der Waals surface area contributed by atoms with E-state index in [0.29, 0.717) is 13.2 Å². The van der Waals surface area contributed by atoms with Gasteiger partial charge in [-0.15, -0.1) is 0 Å². The maximum Gasteiger partial charge on any atom is 0.243 e. The van der Waals surface area contributed by atoms with Gasteiger partial charge in [-0.05, 0) is 0 Å². The van der Waals surface area contributed by atoms with Crippen LogP contribution in [0.1, 0.15) is 0 Å². The molecule has 8 heteroatoms. The molecule has 0 spiro atoms. The van der Waals surface area contributed by atoms with E-state index in [0.717, 1.165) is 6.54 Å². The van der Waals surface area contributed by atoms with E-state index in [4.69, 9.17) is 4.74 Å². The zero-order valence-electron chi connectivity index (χ0n) is 8.64. The molecule has 1 unspecified atom stereocenters. The molecule has 90 valence electrons. The first kappa shape index (κ1) is 11.5. The molecule has 0 radical (unpaired) electrons. The number of rotatable bonds is 4. The van der Waals surface area contributed by atoms with E-state index in [1.54, 1.807) is 0 Å². The van der Waals surface area contributed by atoms with Gasteiger partial charge in [0.1, 0.15) is 4.90 Å². The van der Waals surface area contributed by atoms with Crippen molar-refractivity contribution in [3.05, 3.63) is 12.4 Å². The van der Waals surface area contributed by atoms with Gasteiger partial charge in [0.05, 0.1) is 18.9 Å². The second kappa shape index (κ2) is 4.91. The molecule has 1 aromatic rings. The predicted octanol–water partition coefficient (Wildman–Crippen LogP) is -1.32. The average molecular weight is 246 g/mol. The molecule has 0 bridgehead atoms. The third-order valence-corrected chi connectivity index (χ3v) is 3.68. The zero-order chi connectivity index (χ0) is 11.4. The van der Waals surface area contributed by atoms with Crippen LogP contribution in [0, 0.1) is 0 Å². The van der Waals surface area contributed by atoms with Gasteiger partial charge in [-0.25, -0.2) is 13.1 Å². The van der Waals surface area contributed by atoms with Crippen molar-refractivity contribution >= 4 is 10.0 Å². The third kappa shape index (κ3) is 2.79. The van der Waals surface area contributed by atoms with Crippen molar-refractivity contribution in [2.24, 2.45) is 0 Å². The van der Waals surface area contributed by atoms with Crippen LogP contribution in [0.5, 0.6) is 0 Å². The normalized spacial score (nSPS) is 22.1. The highest BCUT2D eigenvalue weighted by Gasteiger charge is 2.19. The minimum Gasteiger partial charge on any atom is -0.374 e. The van der Waals surface area contributed by atoms with Gasteiger partial charge in [0.25, 0.3) is 0 Å². The molecule has 1 saturated heterocycles. The summed E-state index contributed by atoms with van der Waals surface area (Å²) in [6, 6.07) is 0. The first-order valence-electron chi connectivity index (χ1n) is 4.99. The summed E-state index contributed by atoms with van der Waals surface area (Å²) in [7, 11) is -3.47. The summed E-state index contributed by atoms with van der Waals surface area (Å²) in [5.41, 5.74) is 0. The molecule has 0 aliphatic carbocycles. The highest BCUT2D eigenvalue weighted by molar-refractivity contribution is 7.89. The molecule has 1 fully saturated rings. The maximum atomic E-state index is 11.7. The summed E-state index contributed by atoms with van der Waals surface area (Å²) in [5.74, 6) is 0. The highest BCUT2D eigenvalue weighted by Crippen LogP contribution is 2.04. The number of hydrogen-bond acceptors (Lipinski definition) is 5. The van der Waals surface area contributed by atoms with Crippen LogP contribution in [-0.4, -0.2) is 51.0 Å². The van der Waals surface area contributed by atoms with E-state index in [-0.39, 0.29) is 17.5 Å². The Morgan fingerprint density at radius 2 is 2.50 bits per heavy atom. The Morgan fingerprint density at radius 1 is 1.62 bits per heavy atom. The van der Waals surface area contributed by atoms with E-state index in [1.165, 1.54) is 12.4 Å². The van der Waals surface area contributed by atoms with Gasteiger partial charge in [-0.2, -0.15) is 5.10 Å². The molecule has 1 atom stereocenters. The molecule has 0 aromatic carbocycles. The van der Waals surface area contributed by atoms with Gasteiger partial charge in [0.15, 0.2) is 0 Å². The number of morpholine rings is 1. The van der Waals surface area contributed by atoms with Gasteiger partial charge in [-0.1, -0.05) is 0 Å². The Morgan fingerprint density at radius 3 is 3.12 bits per heavy atom. The monoisotopic (exact) mass is 246 g/mol. The van der Waals surface area contributed by atoms with Gasteiger partial charge >= 0.3 is 0 Å². The first-order chi connectivity index (χ1) is 7.68. The Labute approximate surface area is 93.6 Å². The number of ether oxygens (including phenoxy) is 1. The van der Waals surface area contributed by atoms with Crippen molar-refractivity contribution in [2.45, 2.75) is 11.0 Å². The third-order valence-electron chi connectivity index (χ3n) is 2.29. The minimum atomic E-state index is -3.47. The van der Waals surface area contributed by atoms with Crippen LogP contribution in [0.3, 0.4) is 0 Å². The van der Waals surface area contributed by atoms with Crippen LogP contribution in [0.4, 0.5) is 0 Å². The van der Waals surface area contributed by atoms with Crippen LogP contribution in [-0.2, 0) is 14.8 Å². The largest absolute Gasteiger partial charge is 0.374 e. The van der Waals surface area contributed by atoms with Crippen LogP contribution in [0.25, 0.3) is 0 Å². The van der Waals surface area contributed by atoms with Crippen molar-refractivity contribution in [3.63, 3.8) is 0 Å². The molecule has 1 aromatic heterocycles. The molecule has 0 amide bonds. The molecular formula is C8H14N4O3S. The smallest absolute Gasteiger partial charge is 0.243 e. The van der Waals surface area contributed by atoms with Crippen LogP contribution in [0.2, 0.25) is 0 Å². The molecule has 2 rings (SSSR count). The SMILES string of the molecule is O=S(=O)(NCC1CNCCO1)c1cn[nH]c1. The number of hydrogen-bond donors (Lipinski definition) is 3. The lowest BCUT2D eigenvalue weighted by Crippen LogP contribution is -2.45. The number of sulfonamides is 1. The summed E-state index contributed by atoms with van der Waals surface area (Å²) in [6.07, 6.45) is 2.49.